The van der Waals surface area contributed by atoms with Crippen LogP contribution < -0.4 is 5.73 Å². The number of nitrogens with two attached hydrogens (primary N) is 1. The number of aryl methyl sites for hydroxylation is 1. The summed E-state index contributed by atoms with van der Waals surface area (Å²) in [5.41, 5.74) is 7.98. The molecule has 0 bridgehead atoms. The summed E-state index contributed by atoms with van der Waals surface area (Å²) in [7, 11) is -3.48. The molecule has 1 aromatic carbocycles. The topological polar surface area (TPSA) is 66.6 Å². The van der Waals surface area contributed by atoms with Crippen molar-refractivity contribution in [2.24, 2.45) is 0 Å². The summed E-state index contributed by atoms with van der Waals surface area (Å²) in [5, 5.41) is 0. The van der Waals surface area contributed by atoms with Crippen LogP contribution in [0.4, 0.5) is 5.69 Å². The van der Waals surface area contributed by atoms with Crippen LogP contribution in [0, 0.1) is 13.8 Å². The molecule has 1 atom stereocenters. The van der Waals surface area contributed by atoms with E-state index in [-0.39, 0.29) is 6.04 Å². The molecule has 118 valence electrons. The van der Waals surface area contributed by atoms with E-state index in [9.17, 15) is 8.42 Å². The summed E-state index contributed by atoms with van der Waals surface area (Å²) in [6.45, 7) is 10.6. The summed E-state index contributed by atoms with van der Waals surface area (Å²) in [4.78, 5) is 2.64. The van der Waals surface area contributed by atoms with Gasteiger partial charge in [0.1, 0.15) is 0 Å². The SMILES string of the molecule is CCN1CCN(S(=O)(=O)c2cc(C)cc(N)c2C)CC1C. The molecule has 1 saturated heterocycles. The Morgan fingerprint density at radius 2 is 1.95 bits per heavy atom. The molecule has 1 aliphatic rings. The molecule has 0 radical (unpaired) electrons. The van der Waals surface area contributed by atoms with Gasteiger partial charge in [-0.1, -0.05) is 6.92 Å². The minimum Gasteiger partial charge on any atom is -0.398 e. The van der Waals surface area contributed by atoms with E-state index in [4.69, 9.17) is 5.73 Å². The van der Waals surface area contributed by atoms with Crippen LogP contribution in [0.25, 0.3) is 0 Å². The number of piperazine rings is 1. The molecule has 5 nitrogen and oxygen atoms in total. The summed E-state index contributed by atoms with van der Waals surface area (Å²) >= 11 is 0. The van der Waals surface area contributed by atoms with Gasteiger partial charge in [-0.05, 0) is 50.6 Å². The lowest BCUT2D eigenvalue weighted by Crippen LogP contribution is -2.53. The molecule has 0 spiro atoms. The van der Waals surface area contributed by atoms with Gasteiger partial charge in [-0.3, -0.25) is 4.90 Å². The van der Waals surface area contributed by atoms with Crippen LogP contribution in [0.15, 0.2) is 17.0 Å². The minimum absolute atomic E-state index is 0.237. The van der Waals surface area contributed by atoms with Crippen molar-refractivity contribution in [2.45, 2.75) is 38.6 Å². The zero-order chi connectivity index (χ0) is 15.8. The Morgan fingerprint density at radius 3 is 2.52 bits per heavy atom. The van der Waals surface area contributed by atoms with E-state index in [0.29, 0.717) is 29.2 Å². The highest BCUT2D eigenvalue weighted by Gasteiger charge is 2.32. The van der Waals surface area contributed by atoms with Crippen molar-refractivity contribution in [3.63, 3.8) is 0 Å². The smallest absolute Gasteiger partial charge is 0.243 e. The Kier molecular flexibility index (Phi) is 4.60. The van der Waals surface area contributed by atoms with Gasteiger partial charge in [0.2, 0.25) is 10.0 Å². The Hall–Kier alpha value is -1.11. The van der Waals surface area contributed by atoms with Crippen molar-refractivity contribution in [3.8, 4) is 0 Å². The third kappa shape index (κ3) is 3.07. The van der Waals surface area contributed by atoms with Gasteiger partial charge in [0.05, 0.1) is 4.90 Å². The Morgan fingerprint density at radius 1 is 1.29 bits per heavy atom. The lowest BCUT2D eigenvalue weighted by atomic mass is 10.1. The van der Waals surface area contributed by atoms with E-state index in [2.05, 4.69) is 18.7 Å². The average Bonchev–Trinajstić information content (AvgIpc) is 2.42. The van der Waals surface area contributed by atoms with Gasteiger partial charge < -0.3 is 5.73 Å². The minimum atomic E-state index is -3.48. The van der Waals surface area contributed by atoms with Crippen LogP contribution in [0.3, 0.4) is 0 Å². The zero-order valence-corrected chi connectivity index (χ0v) is 14.1. The molecule has 1 aliphatic heterocycles. The number of hydrogen-bond donors (Lipinski definition) is 1. The van der Waals surface area contributed by atoms with E-state index in [1.165, 1.54) is 0 Å². The molecule has 1 aromatic rings. The van der Waals surface area contributed by atoms with E-state index < -0.39 is 10.0 Å². The second-order valence-electron chi connectivity index (χ2n) is 5.82. The van der Waals surface area contributed by atoms with Gasteiger partial charge in [-0.15, -0.1) is 0 Å². The summed E-state index contributed by atoms with van der Waals surface area (Å²) in [6.07, 6.45) is 0. The number of likely N-dealkylation sites (N-methyl/N-ethyl adjacent to an activating group) is 1. The van der Waals surface area contributed by atoms with Crippen LogP contribution >= 0.6 is 0 Å². The van der Waals surface area contributed by atoms with Crippen LogP contribution in [0.2, 0.25) is 0 Å². The van der Waals surface area contributed by atoms with E-state index in [1.54, 1.807) is 17.3 Å². The average molecular weight is 311 g/mol. The molecule has 6 heteroatoms. The maximum atomic E-state index is 12.9. The molecular formula is C15H25N3O2S. The standard InChI is InChI=1S/C15H25N3O2S/c1-5-17-6-7-18(10-12(17)3)21(19,20)15-9-11(2)8-14(16)13(15)4/h8-9,12H,5-7,10,16H2,1-4H3. The largest absolute Gasteiger partial charge is 0.398 e. The first kappa shape index (κ1) is 16.3. The number of benzene rings is 1. The highest BCUT2D eigenvalue weighted by molar-refractivity contribution is 7.89. The maximum absolute atomic E-state index is 12.9. The molecule has 21 heavy (non-hydrogen) atoms. The molecule has 1 fully saturated rings. The molecule has 0 aromatic heterocycles. The highest BCUT2D eigenvalue weighted by atomic mass is 32.2. The van der Waals surface area contributed by atoms with Gasteiger partial charge in [0.15, 0.2) is 0 Å². The van der Waals surface area contributed by atoms with Gasteiger partial charge in [0, 0.05) is 31.4 Å². The van der Waals surface area contributed by atoms with Gasteiger partial charge in [-0.2, -0.15) is 4.31 Å². The van der Waals surface area contributed by atoms with Gasteiger partial charge >= 0.3 is 0 Å². The number of anilines is 1. The van der Waals surface area contributed by atoms with Crippen molar-refractivity contribution in [2.75, 3.05) is 31.9 Å². The fourth-order valence-corrected chi connectivity index (χ4v) is 4.76. The second kappa shape index (κ2) is 5.94. The highest BCUT2D eigenvalue weighted by Crippen LogP contribution is 2.27. The number of hydrogen-bond acceptors (Lipinski definition) is 4. The molecule has 1 heterocycles. The predicted molar refractivity (Wildman–Crippen MR) is 85.8 cm³/mol. The Balaban J connectivity index is 2.36. The molecule has 2 rings (SSSR count). The predicted octanol–water partition coefficient (Wildman–Crippen LogP) is 1.60. The van der Waals surface area contributed by atoms with Crippen molar-refractivity contribution in [1.29, 1.82) is 0 Å². The van der Waals surface area contributed by atoms with Crippen molar-refractivity contribution in [1.82, 2.24) is 9.21 Å². The number of nitrogens with zero attached hydrogens (tertiary/aromatic N) is 2. The molecule has 0 amide bonds. The van der Waals surface area contributed by atoms with Gasteiger partial charge in [0.25, 0.3) is 0 Å². The summed E-state index contributed by atoms with van der Waals surface area (Å²) in [5.74, 6) is 0. The summed E-state index contributed by atoms with van der Waals surface area (Å²) < 4.78 is 27.4. The first-order chi connectivity index (χ1) is 9.77. The maximum Gasteiger partial charge on any atom is 0.243 e. The molecule has 1 unspecified atom stereocenters. The van der Waals surface area contributed by atoms with Crippen LogP contribution in [-0.2, 0) is 10.0 Å². The lowest BCUT2D eigenvalue weighted by molar-refractivity contribution is 0.135. The zero-order valence-electron chi connectivity index (χ0n) is 13.3. The summed E-state index contributed by atoms with van der Waals surface area (Å²) in [6, 6.07) is 3.77. The number of rotatable bonds is 3. The number of nitrogen functional groups attached to an aromatic ring is 1. The third-order valence-electron chi connectivity index (χ3n) is 4.30. The monoisotopic (exact) mass is 311 g/mol. The fraction of sp³-hybridized carbons (Fsp3) is 0.600. The molecule has 0 saturated carbocycles. The first-order valence-corrected chi connectivity index (χ1v) is 8.82. The molecular weight excluding hydrogens is 286 g/mol. The van der Waals surface area contributed by atoms with Crippen LogP contribution in [0.5, 0.6) is 0 Å². The lowest BCUT2D eigenvalue weighted by Gasteiger charge is -2.38. The Labute approximate surface area is 127 Å². The molecule has 0 aliphatic carbocycles. The number of sulfonamides is 1. The quantitative estimate of drug-likeness (QED) is 0.861. The van der Waals surface area contributed by atoms with E-state index in [1.807, 2.05) is 13.0 Å². The molecule has 2 N–H and O–H groups in total. The van der Waals surface area contributed by atoms with Crippen molar-refractivity contribution >= 4 is 15.7 Å². The van der Waals surface area contributed by atoms with Crippen LogP contribution in [0.1, 0.15) is 25.0 Å². The fourth-order valence-electron chi connectivity index (χ4n) is 2.91. The van der Waals surface area contributed by atoms with E-state index in [0.717, 1.165) is 18.7 Å². The third-order valence-corrected chi connectivity index (χ3v) is 6.29. The first-order valence-electron chi connectivity index (χ1n) is 7.38. The van der Waals surface area contributed by atoms with Crippen LogP contribution in [-0.4, -0.2) is 49.8 Å². The second-order valence-corrected chi connectivity index (χ2v) is 7.72. The van der Waals surface area contributed by atoms with Crippen molar-refractivity contribution < 1.29 is 8.42 Å². The Bertz CT molecular complexity index is 628. The normalized spacial score (nSPS) is 21.6. The van der Waals surface area contributed by atoms with Crippen molar-refractivity contribution in [3.05, 3.63) is 23.3 Å². The van der Waals surface area contributed by atoms with Gasteiger partial charge in [-0.25, -0.2) is 8.42 Å². The van der Waals surface area contributed by atoms with E-state index >= 15 is 0 Å².